The third kappa shape index (κ3) is 4.25. The van der Waals surface area contributed by atoms with E-state index < -0.39 is 5.54 Å². The van der Waals surface area contributed by atoms with Crippen LogP contribution < -0.4 is 5.32 Å². The summed E-state index contributed by atoms with van der Waals surface area (Å²) in [4.78, 5) is 14.3. The van der Waals surface area contributed by atoms with Crippen LogP contribution in [0.5, 0.6) is 0 Å². The fourth-order valence-corrected chi connectivity index (χ4v) is 3.95. The van der Waals surface area contributed by atoms with Crippen molar-refractivity contribution in [2.75, 3.05) is 13.7 Å². The van der Waals surface area contributed by atoms with Gasteiger partial charge in [0.2, 0.25) is 0 Å². The van der Waals surface area contributed by atoms with Gasteiger partial charge in [-0.15, -0.1) is 0 Å². The minimum Gasteiger partial charge on any atom is -0.375 e. The first-order valence-electron chi connectivity index (χ1n) is 9.29. The number of carbonyl (C=O) groups is 1. The summed E-state index contributed by atoms with van der Waals surface area (Å²) in [5.41, 5.74) is -0.727. The van der Waals surface area contributed by atoms with Crippen molar-refractivity contribution >= 4 is 11.9 Å². The van der Waals surface area contributed by atoms with E-state index in [1.807, 2.05) is 0 Å². The molecule has 0 aromatic heterocycles. The van der Waals surface area contributed by atoms with E-state index in [0.29, 0.717) is 12.5 Å². The highest BCUT2D eigenvalue weighted by atomic mass is 16.5. The molecule has 2 unspecified atom stereocenters. The number of hydrogen-bond donors (Lipinski definition) is 2. The average molecular weight is 323 g/mol. The van der Waals surface area contributed by atoms with Crippen LogP contribution in [0.2, 0.25) is 0 Å². The van der Waals surface area contributed by atoms with Crippen molar-refractivity contribution in [1.29, 1.82) is 5.41 Å². The highest BCUT2D eigenvalue weighted by Gasteiger charge is 2.49. The fraction of sp³-hybridized carbons (Fsp3) is 0.889. The zero-order valence-corrected chi connectivity index (χ0v) is 15.0. The van der Waals surface area contributed by atoms with Gasteiger partial charge in [-0.25, -0.2) is 0 Å². The SMILES string of the molecule is CCCC(CC)OCC1(CC2CCCCC2)NC(=N)N(C)C1=O. The summed E-state index contributed by atoms with van der Waals surface area (Å²) in [5, 5.41) is 11.2. The first kappa shape index (κ1) is 18.2. The zero-order valence-electron chi connectivity index (χ0n) is 15.0. The minimum absolute atomic E-state index is 0.000532. The lowest BCUT2D eigenvalue weighted by Gasteiger charge is -2.33. The van der Waals surface area contributed by atoms with E-state index in [4.69, 9.17) is 10.1 Å². The molecule has 1 saturated carbocycles. The van der Waals surface area contributed by atoms with Gasteiger partial charge in [-0.2, -0.15) is 0 Å². The van der Waals surface area contributed by atoms with Crippen molar-refractivity contribution in [1.82, 2.24) is 10.2 Å². The molecule has 0 aromatic rings. The maximum absolute atomic E-state index is 12.8. The molecule has 0 bridgehead atoms. The van der Waals surface area contributed by atoms with Crippen molar-refractivity contribution in [3.8, 4) is 0 Å². The monoisotopic (exact) mass is 323 g/mol. The Morgan fingerprint density at radius 2 is 2.04 bits per heavy atom. The molecule has 5 heteroatoms. The molecule has 2 fully saturated rings. The van der Waals surface area contributed by atoms with E-state index in [1.165, 1.54) is 37.0 Å². The fourth-order valence-electron chi connectivity index (χ4n) is 3.95. The first-order chi connectivity index (χ1) is 11.0. The topological polar surface area (TPSA) is 65.4 Å². The van der Waals surface area contributed by atoms with Crippen LogP contribution in [0.3, 0.4) is 0 Å². The van der Waals surface area contributed by atoms with Crippen molar-refractivity contribution in [3.63, 3.8) is 0 Å². The van der Waals surface area contributed by atoms with Gasteiger partial charge in [-0.3, -0.25) is 15.1 Å². The van der Waals surface area contributed by atoms with Crippen LogP contribution >= 0.6 is 0 Å². The van der Waals surface area contributed by atoms with Gasteiger partial charge < -0.3 is 10.1 Å². The normalized spacial score (nSPS) is 27.3. The van der Waals surface area contributed by atoms with E-state index in [-0.39, 0.29) is 18.0 Å². The number of guanidine groups is 1. The van der Waals surface area contributed by atoms with E-state index in [1.54, 1.807) is 7.05 Å². The molecule has 1 aliphatic carbocycles. The minimum atomic E-state index is -0.727. The summed E-state index contributed by atoms with van der Waals surface area (Å²) in [6.45, 7) is 4.67. The molecular formula is C18H33N3O2. The summed E-state index contributed by atoms with van der Waals surface area (Å²) in [5.74, 6) is 0.770. The number of carbonyl (C=O) groups excluding carboxylic acids is 1. The maximum Gasteiger partial charge on any atom is 0.257 e. The van der Waals surface area contributed by atoms with E-state index in [2.05, 4.69) is 19.2 Å². The summed E-state index contributed by atoms with van der Waals surface area (Å²) in [6.07, 6.45) is 10.3. The number of rotatable bonds is 8. The molecular weight excluding hydrogens is 290 g/mol. The predicted octanol–water partition coefficient (Wildman–Crippen LogP) is 3.29. The Kier molecular flexibility index (Phi) is 6.45. The molecule has 1 aliphatic heterocycles. The van der Waals surface area contributed by atoms with Gasteiger partial charge in [-0.05, 0) is 25.2 Å². The summed E-state index contributed by atoms with van der Waals surface area (Å²) < 4.78 is 6.12. The Morgan fingerprint density at radius 3 is 2.57 bits per heavy atom. The molecule has 2 N–H and O–H groups in total. The van der Waals surface area contributed by atoms with Crippen LogP contribution in [0.4, 0.5) is 0 Å². The molecule has 2 aliphatic rings. The Balaban J connectivity index is 2.08. The van der Waals surface area contributed by atoms with Crippen molar-refractivity contribution < 1.29 is 9.53 Å². The number of nitrogens with zero attached hydrogens (tertiary/aromatic N) is 1. The van der Waals surface area contributed by atoms with Gasteiger partial charge in [0.25, 0.3) is 5.91 Å². The second kappa shape index (κ2) is 8.13. The summed E-state index contributed by atoms with van der Waals surface area (Å²) in [6, 6.07) is 0. The molecule has 0 spiro atoms. The van der Waals surface area contributed by atoms with Gasteiger partial charge in [-0.1, -0.05) is 52.4 Å². The standard InChI is InChI=1S/C18H33N3O2/c1-4-9-15(5-2)23-13-18(12-14-10-7-6-8-11-14)16(22)21(3)17(19)20-18/h14-15H,4-13H2,1-3H3,(H2,19,20). The predicted molar refractivity (Wildman–Crippen MR) is 92.5 cm³/mol. The Hall–Kier alpha value is -1.10. The molecule has 2 rings (SSSR count). The zero-order chi connectivity index (χ0) is 16.9. The maximum atomic E-state index is 12.8. The molecule has 132 valence electrons. The summed E-state index contributed by atoms with van der Waals surface area (Å²) >= 11 is 0. The lowest BCUT2D eigenvalue weighted by molar-refractivity contribution is -0.134. The van der Waals surface area contributed by atoms with Crippen LogP contribution in [0, 0.1) is 11.3 Å². The quantitative estimate of drug-likeness (QED) is 0.720. The number of amides is 1. The number of ether oxygens (including phenoxy) is 1. The van der Waals surface area contributed by atoms with Crippen molar-refractivity contribution in [3.05, 3.63) is 0 Å². The first-order valence-corrected chi connectivity index (χ1v) is 9.29. The lowest BCUT2D eigenvalue weighted by atomic mass is 9.79. The van der Waals surface area contributed by atoms with Crippen molar-refractivity contribution in [2.45, 2.75) is 83.3 Å². The Morgan fingerprint density at radius 1 is 1.35 bits per heavy atom. The molecule has 1 saturated heterocycles. The second-order valence-electron chi connectivity index (χ2n) is 7.26. The third-order valence-electron chi connectivity index (χ3n) is 5.40. The van der Waals surface area contributed by atoms with Gasteiger partial charge in [0.15, 0.2) is 5.96 Å². The lowest BCUT2D eigenvalue weighted by Crippen LogP contribution is -2.53. The van der Waals surface area contributed by atoms with E-state index >= 15 is 0 Å². The van der Waals surface area contributed by atoms with Gasteiger partial charge >= 0.3 is 0 Å². The smallest absolute Gasteiger partial charge is 0.257 e. The van der Waals surface area contributed by atoms with Gasteiger partial charge in [0.05, 0.1) is 12.7 Å². The largest absolute Gasteiger partial charge is 0.375 e. The highest BCUT2D eigenvalue weighted by Crippen LogP contribution is 2.34. The van der Waals surface area contributed by atoms with Crippen LogP contribution in [-0.2, 0) is 9.53 Å². The summed E-state index contributed by atoms with van der Waals surface area (Å²) in [7, 11) is 1.68. The molecule has 1 amide bonds. The van der Waals surface area contributed by atoms with Gasteiger partial charge in [0.1, 0.15) is 5.54 Å². The second-order valence-corrected chi connectivity index (χ2v) is 7.26. The van der Waals surface area contributed by atoms with Gasteiger partial charge in [0, 0.05) is 7.05 Å². The molecule has 5 nitrogen and oxygen atoms in total. The van der Waals surface area contributed by atoms with E-state index in [0.717, 1.165) is 25.7 Å². The van der Waals surface area contributed by atoms with Crippen molar-refractivity contribution in [2.24, 2.45) is 5.92 Å². The van der Waals surface area contributed by atoms with Crippen LogP contribution in [0.1, 0.15) is 71.6 Å². The van der Waals surface area contributed by atoms with Crippen LogP contribution in [0.25, 0.3) is 0 Å². The van der Waals surface area contributed by atoms with Crippen LogP contribution in [-0.4, -0.2) is 42.1 Å². The Bertz CT molecular complexity index is 420. The number of likely N-dealkylation sites (N-methyl/N-ethyl adjacent to an activating group) is 1. The number of hydrogen-bond acceptors (Lipinski definition) is 3. The molecule has 23 heavy (non-hydrogen) atoms. The highest BCUT2D eigenvalue weighted by molar-refractivity contribution is 6.07. The molecule has 0 aromatic carbocycles. The molecule has 1 heterocycles. The molecule has 2 atom stereocenters. The van der Waals surface area contributed by atoms with Crippen LogP contribution in [0.15, 0.2) is 0 Å². The molecule has 0 radical (unpaired) electrons. The third-order valence-corrected chi connectivity index (χ3v) is 5.40. The average Bonchev–Trinajstić information content (AvgIpc) is 2.77. The number of nitrogens with one attached hydrogen (secondary N) is 2. The van der Waals surface area contributed by atoms with E-state index in [9.17, 15) is 4.79 Å². The Labute approximate surface area is 140 Å².